The van der Waals surface area contributed by atoms with E-state index in [9.17, 15) is 15.0 Å². The van der Waals surface area contributed by atoms with Crippen molar-refractivity contribution in [3.8, 4) is 5.75 Å². The molecule has 1 amide bonds. The summed E-state index contributed by atoms with van der Waals surface area (Å²) in [6, 6.07) is 14.2. The van der Waals surface area contributed by atoms with Crippen molar-refractivity contribution in [2.45, 2.75) is 37.1 Å². The van der Waals surface area contributed by atoms with Crippen LogP contribution in [0.2, 0.25) is 0 Å². The van der Waals surface area contributed by atoms with E-state index in [0.29, 0.717) is 35.5 Å². The highest BCUT2D eigenvalue weighted by Gasteiger charge is 2.53. The van der Waals surface area contributed by atoms with E-state index in [1.54, 1.807) is 54.6 Å². The number of rotatable bonds is 14. The van der Waals surface area contributed by atoms with Gasteiger partial charge in [-0.25, -0.2) is 4.99 Å². The molecular formula is C26H31N5O6. The Balaban J connectivity index is 2.03. The molecule has 4 N–H and O–H groups in total. The first-order chi connectivity index (χ1) is 18.0. The van der Waals surface area contributed by atoms with Crippen LogP contribution >= 0.6 is 0 Å². The van der Waals surface area contributed by atoms with Crippen LogP contribution < -0.4 is 10.1 Å². The smallest absolute Gasteiger partial charge is 0.252 e. The van der Waals surface area contributed by atoms with Crippen LogP contribution in [0.15, 0.2) is 71.3 Å². The number of nitrogens with one attached hydrogen (secondary N) is 1. The molecule has 1 aliphatic heterocycles. The minimum absolute atomic E-state index is 0.0358. The summed E-state index contributed by atoms with van der Waals surface area (Å²) in [4.78, 5) is 21.2. The molecule has 0 bridgehead atoms. The maximum absolute atomic E-state index is 13.6. The van der Waals surface area contributed by atoms with Gasteiger partial charge in [0.05, 0.1) is 25.9 Å². The highest BCUT2D eigenvalue weighted by molar-refractivity contribution is 6.01. The van der Waals surface area contributed by atoms with Gasteiger partial charge < -0.3 is 30.1 Å². The number of aliphatic hydroxyl groups excluding tert-OH is 3. The van der Waals surface area contributed by atoms with Crippen LogP contribution in [0.25, 0.3) is 10.4 Å². The first kappa shape index (κ1) is 27.7. The minimum atomic E-state index is -1.48. The lowest BCUT2D eigenvalue weighted by molar-refractivity contribution is -0.129. The monoisotopic (exact) mass is 509 g/mol. The Bertz CT molecular complexity index is 1150. The molecular weight excluding hydrogens is 478 g/mol. The fraction of sp³-hybridized carbons (Fsp3) is 0.385. The van der Waals surface area contributed by atoms with Crippen LogP contribution in [0.5, 0.6) is 5.75 Å². The lowest BCUT2D eigenvalue weighted by Crippen LogP contribution is -2.50. The number of benzene rings is 2. The summed E-state index contributed by atoms with van der Waals surface area (Å²) in [5.41, 5.74) is 9.28. The zero-order valence-corrected chi connectivity index (χ0v) is 20.4. The number of nitrogens with zero attached hydrogens (tertiary/aromatic N) is 4. The van der Waals surface area contributed by atoms with E-state index < -0.39 is 30.3 Å². The molecule has 1 unspecified atom stereocenters. The van der Waals surface area contributed by atoms with Gasteiger partial charge >= 0.3 is 0 Å². The zero-order chi connectivity index (χ0) is 26.7. The van der Waals surface area contributed by atoms with Gasteiger partial charge in [-0.1, -0.05) is 35.5 Å². The fourth-order valence-corrected chi connectivity index (χ4v) is 3.98. The molecule has 1 aliphatic rings. The van der Waals surface area contributed by atoms with Crippen LogP contribution in [0.1, 0.15) is 35.6 Å². The molecule has 37 heavy (non-hydrogen) atoms. The van der Waals surface area contributed by atoms with Gasteiger partial charge in [0.15, 0.2) is 11.6 Å². The van der Waals surface area contributed by atoms with Crippen molar-refractivity contribution in [2.24, 2.45) is 10.1 Å². The third-order valence-electron chi connectivity index (χ3n) is 5.84. The number of azide groups is 1. The summed E-state index contributed by atoms with van der Waals surface area (Å²) in [6.07, 6.45) is 0.167. The van der Waals surface area contributed by atoms with Crippen LogP contribution in [-0.4, -0.2) is 65.1 Å². The molecule has 11 heteroatoms. The second kappa shape index (κ2) is 13.4. The SMILES string of the molecule is C=CC[C@@]1(C(=O)NCC(O)CO)N=C(c2ccc(OCCCO)cc2)O[C@@H]1c1ccccc1CN=[N+]=[N-]. The standard InChI is InChI=1S/C26H31N5O6/c1-2-12-26(25(35)28-16-20(34)17-33)23(22-7-4-3-6-19(22)15-29-31-27)37-24(30-26)18-8-10-21(11-9-18)36-14-5-13-32/h2-4,6-11,20,23,32-34H,1,5,12-17H2,(H,28,35)/t20?,23-,26-/m1/s1. The van der Waals surface area contributed by atoms with Crippen LogP contribution in [0, 0.1) is 0 Å². The van der Waals surface area contributed by atoms with Crippen molar-refractivity contribution in [2.75, 3.05) is 26.4 Å². The molecule has 0 aromatic heterocycles. The summed E-state index contributed by atoms with van der Waals surface area (Å²) in [7, 11) is 0. The molecule has 1 heterocycles. The van der Waals surface area contributed by atoms with Crippen LogP contribution in [0.3, 0.4) is 0 Å². The normalized spacial score (nSPS) is 19.2. The predicted octanol–water partition coefficient (Wildman–Crippen LogP) is 2.56. The largest absolute Gasteiger partial charge is 0.494 e. The maximum Gasteiger partial charge on any atom is 0.252 e. The number of carbonyl (C=O) groups is 1. The summed E-state index contributed by atoms with van der Waals surface area (Å²) in [5, 5.41) is 34.3. The van der Waals surface area contributed by atoms with E-state index in [1.807, 2.05) is 0 Å². The number of aliphatic hydroxyl groups is 3. The first-order valence-electron chi connectivity index (χ1n) is 11.9. The van der Waals surface area contributed by atoms with E-state index >= 15 is 0 Å². The Morgan fingerprint density at radius 1 is 1.30 bits per heavy atom. The summed E-state index contributed by atoms with van der Waals surface area (Å²) in [5.74, 6) is 0.327. The lowest BCUT2D eigenvalue weighted by Gasteiger charge is -2.31. The lowest BCUT2D eigenvalue weighted by atomic mass is 9.82. The Hall–Kier alpha value is -3.89. The highest BCUT2D eigenvalue weighted by atomic mass is 16.5. The van der Waals surface area contributed by atoms with Crippen molar-refractivity contribution in [3.05, 3.63) is 88.3 Å². The van der Waals surface area contributed by atoms with E-state index in [2.05, 4.69) is 21.9 Å². The molecule has 0 spiro atoms. The number of carbonyl (C=O) groups excluding carboxylic acids is 1. The summed E-state index contributed by atoms with van der Waals surface area (Å²) in [6.45, 7) is 3.59. The van der Waals surface area contributed by atoms with Gasteiger partial charge in [0.1, 0.15) is 5.75 Å². The van der Waals surface area contributed by atoms with Gasteiger partial charge in [-0.2, -0.15) is 0 Å². The Labute approximate surface area is 214 Å². The summed E-state index contributed by atoms with van der Waals surface area (Å²) < 4.78 is 11.9. The third-order valence-corrected chi connectivity index (χ3v) is 5.84. The van der Waals surface area contributed by atoms with Crippen molar-refractivity contribution < 1.29 is 29.6 Å². The second-order valence-electron chi connectivity index (χ2n) is 8.42. The number of ether oxygens (including phenoxy) is 2. The van der Waals surface area contributed by atoms with E-state index in [0.717, 1.165) is 0 Å². The quantitative estimate of drug-likeness (QED) is 0.100. The van der Waals surface area contributed by atoms with Crippen LogP contribution in [0.4, 0.5) is 0 Å². The molecule has 2 aromatic rings. The maximum atomic E-state index is 13.6. The van der Waals surface area contributed by atoms with E-state index in [-0.39, 0.29) is 32.0 Å². The predicted molar refractivity (Wildman–Crippen MR) is 137 cm³/mol. The number of hydrogen-bond acceptors (Lipinski definition) is 8. The van der Waals surface area contributed by atoms with Gasteiger partial charge in [-0.3, -0.25) is 4.79 Å². The third kappa shape index (κ3) is 6.66. The van der Waals surface area contributed by atoms with Crippen LogP contribution in [-0.2, 0) is 16.1 Å². The zero-order valence-electron chi connectivity index (χ0n) is 20.4. The number of amides is 1. The molecule has 11 nitrogen and oxygen atoms in total. The second-order valence-corrected chi connectivity index (χ2v) is 8.42. The Kier molecular flexibility index (Phi) is 10.0. The molecule has 3 rings (SSSR count). The number of aliphatic imine (C=N–C) groups is 1. The average molecular weight is 510 g/mol. The minimum Gasteiger partial charge on any atom is -0.494 e. The first-order valence-corrected chi connectivity index (χ1v) is 11.9. The van der Waals surface area contributed by atoms with Gasteiger partial charge in [0, 0.05) is 36.5 Å². The molecule has 0 aliphatic carbocycles. The fourth-order valence-electron chi connectivity index (χ4n) is 3.98. The van der Waals surface area contributed by atoms with Gasteiger partial charge in [-0.15, -0.1) is 6.58 Å². The van der Waals surface area contributed by atoms with Gasteiger partial charge in [-0.05, 0) is 40.9 Å². The van der Waals surface area contributed by atoms with E-state index in [4.69, 9.17) is 25.1 Å². The van der Waals surface area contributed by atoms with Gasteiger partial charge in [0.2, 0.25) is 5.90 Å². The number of hydrogen-bond donors (Lipinski definition) is 4. The van der Waals surface area contributed by atoms with E-state index in [1.165, 1.54) is 0 Å². The molecule has 3 atom stereocenters. The molecule has 0 radical (unpaired) electrons. The van der Waals surface area contributed by atoms with Crippen molar-refractivity contribution >= 4 is 11.8 Å². The average Bonchev–Trinajstić information content (AvgIpc) is 3.31. The Morgan fingerprint density at radius 2 is 2.05 bits per heavy atom. The van der Waals surface area contributed by atoms with Crippen molar-refractivity contribution in [1.82, 2.24) is 5.32 Å². The molecule has 0 fully saturated rings. The topological polar surface area (TPSA) is 169 Å². The van der Waals surface area contributed by atoms with Gasteiger partial charge in [0.25, 0.3) is 5.91 Å². The van der Waals surface area contributed by atoms with Crippen molar-refractivity contribution in [3.63, 3.8) is 0 Å². The highest BCUT2D eigenvalue weighted by Crippen LogP contribution is 2.44. The molecule has 0 saturated carbocycles. The summed E-state index contributed by atoms with van der Waals surface area (Å²) >= 11 is 0. The molecule has 0 saturated heterocycles. The Morgan fingerprint density at radius 3 is 2.73 bits per heavy atom. The van der Waals surface area contributed by atoms with Crippen molar-refractivity contribution in [1.29, 1.82) is 0 Å². The molecule has 2 aromatic carbocycles. The molecule has 196 valence electrons.